The Labute approximate surface area is 103 Å². The van der Waals surface area contributed by atoms with Gasteiger partial charge < -0.3 is 5.11 Å². The molecule has 1 heterocycles. The van der Waals surface area contributed by atoms with E-state index in [4.69, 9.17) is 5.11 Å². The fourth-order valence-electron chi connectivity index (χ4n) is 1.60. The Hall–Kier alpha value is -1.75. The molecule has 0 bridgehead atoms. The normalized spacial score (nSPS) is 10.5. The monoisotopic (exact) mass is 248 g/mol. The van der Waals surface area contributed by atoms with Gasteiger partial charge in [0.25, 0.3) is 0 Å². The minimum Gasteiger partial charge on any atom is -0.476 e. The third-order valence-corrected chi connectivity index (χ3v) is 3.23. The third kappa shape index (κ3) is 2.34. The number of aryl methyl sites for hydroxylation is 1. The van der Waals surface area contributed by atoms with Crippen LogP contribution >= 0.6 is 11.8 Å². The second-order valence-corrected chi connectivity index (χ2v) is 4.45. The Morgan fingerprint density at radius 3 is 2.47 bits per heavy atom. The van der Waals surface area contributed by atoms with Gasteiger partial charge in [0, 0.05) is 11.9 Å². The Kier molecular flexibility index (Phi) is 3.19. The van der Waals surface area contributed by atoms with E-state index in [9.17, 15) is 4.79 Å². The molecule has 0 aliphatic heterocycles. The topological polar surface area (TPSA) is 55.1 Å². The van der Waals surface area contributed by atoms with Crippen molar-refractivity contribution in [3.8, 4) is 11.3 Å². The molecule has 0 aliphatic carbocycles. The van der Waals surface area contributed by atoms with E-state index in [-0.39, 0.29) is 5.69 Å². The molecule has 4 nitrogen and oxygen atoms in total. The molecule has 0 radical (unpaired) electrons. The molecule has 0 unspecified atom stereocenters. The molecular weight excluding hydrogens is 236 g/mol. The van der Waals surface area contributed by atoms with Crippen molar-refractivity contribution >= 4 is 17.7 Å². The minimum absolute atomic E-state index is 0.0662. The number of carboxylic acid groups (broad SMARTS) is 1. The van der Waals surface area contributed by atoms with Crippen LogP contribution in [0.2, 0.25) is 0 Å². The van der Waals surface area contributed by atoms with E-state index in [1.165, 1.54) is 4.90 Å². The van der Waals surface area contributed by atoms with Gasteiger partial charge in [0.1, 0.15) is 0 Å². The number of benzene rings is 1. The van der Waals surface area contributed by atoms with E-state index in [2.05, 4.69) is 5.10 Å². The zero-order valence-corrected chi connectivity index (χ0v) is 10.4. The van der Waals surface area contributed by atoms with E-state index in [1.54, 1.807) is 29.6 Å². The summed E-state index contributed by atoms with van der Waals surface area (Å²) in [7, 11) is 1.74. The fraction of sp³-hybridized carbons (Fsp3) is 0.167. The predicted molar refractivity (Wildman–Crippen MR) is 67.4 cm³/mol. The van der Waals surface area contributed by atoms with Crippen molar-refractivity contribution in [3.05, 3.63) is 36.0 Å². The molecule has 0 saturated heterocycles. The van der Waals surface area contributed by atoms with Gasteiger partial charge in [-0.15, -0.1) is 11.8 Å². The Bertz CT molecular complexity index is 546. The van der Waals surface area contributed by atoms with Crippen LogP contribution in [-0.2, 0) is 7.05 Å². The number of nitrogens with zero attached hydrogens (tertiary/aromatic N) is 2. The van der Waals surface area contributed by atoms with Crippen LogP contribution in [0.3, 0.4) is 0 Å². The van der Waals surface area contributed by atoms with Crippen LogP contribution in [0, 0.1) is 0 Å². The summed E-state index contributed by atoms with van der Waals surface area (Å²) >= 11 is 1.67. The van der Waals surface area contributed by atoms with Gasteiger partial charge in [0.15, 0.2) is 5.69 Å². The van der Waals surface area contributed by atoms with Gasteiger partial charge in [-0.05, 0) is 30.0 Å². The smallest absolute Gasteiger partial charge is 0.356 e. The molecule has 2 aromatic rings. The quantitative estimate of drug-likeness (QED) is 0.848. The SMILES string of the molecule is CSc1ccc(-c2cc(C(=O)O)nn2C)cc1. The van der Waals surface area contributed by atoms with Crippen LogP contribution in [0.1, 0.15) is 10.5 Å². The van der Waals surface area contributed by atoms with Crippen LogP contribution < -0.4 is 0 Å². The van der Waals surface area contributed by atoms with Crippen molar-refractivity contribution < 1.29 is 9.90 Å². The van der Waals surface area contributed by atoms with Crippen LogP contribution in [0.25, 0.3) is 11.3 Å². The number of aromatic nitrogens is 2. The lowest BCUT2D eigenvalue weighted by molar-refractivity contribution is 0.0689. The molecule has 0 amide bonds. The molecule has 0 fully saturated rings. The molecule has 88 valence electrons. The van der Waals surface area contributed by atoms with Crippen LogP contribution in [-0.4, -0.2) is 27.1 Å². The zero-order valence-electron chi connectivity index (χ0n) is 9.54. The highest BCUT2D eigenvalue weighted by molar-refractivity contribution is 7.98. The second-order valence-electron chi connectivity index (χ2n) is 3.57. The van der Waals surface area contributed by atoms with Crippen LogP contribution in [0.4, 0.5) is 0 Å². The van der Waals surface area contributed by atoms with Gasteiger partial charge in [0.2, 0.25) is 0 Å². The number of hydrogen-bond donors (Lipinski definition) is 1. The minimum atomic E-state index is -1.01. The van der Waals surface area contributed by atoms with Crippen molar-refractivity contribution in [1.82, 2.24) is 9.78 Å². The average molecular weight is 248 g/mol. The Morgan fingerprint density at radius 1 is 1.35 bits per heavy atom. The summed E-state index contributed by atoms with van der Waals surface area (Å²) in [6.07, 6.45) is 2.02. The molecule has 0 saturated carbocycles. The van der Waals surface area contributed by atoms with Gasteiger partial charge in [-0.1, -0.05) is 12.1 Å². The summed E-state index contributed by atoms with van der Waals surface area (Å²) in [4.78, 5) is 12.0. The van der Waals surface area contributed by atoms with Crippen molar-refractivity contribution in [2.75, 3.05) is 6.26 Å². The van der Waals surface area contributed by atoms with E-state index in [0.717, 1.165) is 11.3 Å². The standard InChI is InChI=1S/C12H12N2O2S/c1-14-11(7-10(13-14)12(15)16)8-3-5-9(17-2)6-4-8/h3-7H,1-2H3,(H,15,16). The molecule has 17 heavy (non-hydrogen) atoms. The molecule has 1 aromatic heterocycles. The number of aromatic carboxylic acids is 1. The van der Waals surface area contributed by atoms with Crippen molar-refractivity contribution in [2.24, 2.45) is 7.05 Å². The van der Waals surface area contributed by atoms with Gasteiger partial charge in [0.05, 0.1) is 5.69 Å². The van der Waals surface area contributed by atoms with Gasteiger partial charge in [-0.25, -0.2) is 4.79 Å². The fourth-order valence-corrected chi connectivity index (χ4v) is 2.01. The van der Waals surface area contributed by atoms with Crippen molar-refractivity contribution in [3.63, 3.8) is 0 Å². The highest BCUT2D eigenvalue weighted by Crippen LogP contribution is 2.23. The summed E-state index contributed by atoms with van der Waals surface area (Å²) in [5.41, 5.74) is 1.83. The van der Waals surface area contributed by atoms with E-state index in [0.29, 0.717) is 0 Å². The first-order valence-electron chi connectivity index (χ1n) is 5.03. The molecule has 2 rings (SSSR count). The van der Waals surface area contributed by atoms with Gasteiger partial charge in [-0.2, -0.15) is 5.10 Å². The second kappa shape index (κ2) is 4.63. The third-order valence-electron chi connectivity index (χ3n) is 2.48. The van der Waals surface area contributed by atoms with Crippen molar-refractivity contribution in [1.29, 1.82) is 0 Å². The molecule has 1 N–H and O–H groups in total. The average Bonchev–Trinajstić information content (AvgIpc) is 2.72. The van der Waals surface area contributed by atoms with Crippen molar-refractivity contribution in [2.45, 2.75) is 4.90 Å². The number of carbonyl (C=O) groups is 1. The number of rotatable bonds is 3. The maximum absolute atomic E-state index is 10.8. The maximum atomic E-state index is 10.8. The molecule has 1 aromatic carbocycles. The first-order valence-corrected chi connectivity index (χ1v) is 6.26. The largest absolute Gasteiger partial charge is 0.476 e. The summed E-state index contributed by atoms with van der Waals surface area (Å²) < 4.78 is 1.58. The lowest BCUT2D eigenvalue weighted by Gasteiger charge is -2.02. The van der Waals surface area contributed by atoms with Gasteiger partial charge >= 0.3 is 5.97 Å². The zero-order chi connectivity index (χ0) is 12.4. The van der Waals surface area contributed by atoms with Gasteiger partial charge in [-0.3, -0.25) is 4.68 Å². The number of hydrogen-bond acceptors (Lipinski definition) is 3. The van der Waals surface area contributed by atoms with Crippen LogP contribution in [0.5, 0.6) is 0 Å². The molecule has 0 spiro atoms. The van der Waals surface area contributed by atoms with E-state index >= 15 is 0 Å². The summed E-state index contributed by atoms with van der Waals surface area (Å²) in [6.45, 7) is 0. The summed E-state index contributed by atoms with van der Waals surface area (Å²) in [5, 5.41) is 12.8. The van der Waals surface area contributed by atoms with E-state index in [1.807, 2.05) is 30.5 Å². The lowest BCUT2D eigenvalue weighted by Crippen LogP contribution is -1.99. The van der Waals surface area contributed by atoms with Crippen LogP contribution in [0.15, 0.2) is 35.2 Å². The number of carboxylic acids is 1. The van der Waals surface area contributed by atoms with E-state index < -0.39 is 5.97 Å². The number of thioether (sulfide) groups is 1. The highest BCUT2D eigenvalue weighted by Gasteiger charge is 2.12. The molecular formula is C12H12N2O2S. The molecule has 0 aliphatic rings. The predicted octanol–water partition coefficient (Wildman–Crippen LogP) is 2.51. The first-order chi connectivity index (χ1) is 8.11. The molecule has 5 heteroatoms. The first kappa shape index (κ1) is 11.7. The summed E-state index contributed by atoms with van der Waals surface area (Å²) in [5.74, 6) is -1.01. The lowest BCUT2D eigenvalue weighted by atomic mass is 10.1. The molecule has 0 atom stereocenters. The highest BCUT2D eigenvalue weighted by atomic mass is 32.2. The Balaban J connectivity index is 2.41. The Morgan fingerprint density at radius 2 is 2.00 bits per heavy atom. The maximum Gasteiger partial charge on any atom is 0.356 e. The summed E-state index contributed by atoms with van der Waals surface area (Å²) in [6, 6.07) is 9.53.